The van der Waals surface area contributed by atoms with Crippen LogP contribution < -0.4 is 11.1 Å². The Hall–Kier alpha value is -0.860. The minimum atomic E-state index is 0.160. The zero-order chi connectivity index (χ0) is 12.2. The largest absolute Gasteiger partial charge is 0.329 e. The van der Waals surface area contributed by atoms with E-state index in [-0.39, 0.29) is 5.41 Å². The van der Waals surface area contributed by atoms with E-state index in [0.717, 1.165) is 13.1 Å². The number of hydrogen-bond acceptors (Lipinski definition) is 2. The highest BCUT2D eigenvalue weighted by Gasteiger charge is 2.20. The molecule has 0 fully saturated rings. The number of benzene rings is 1. The van der Waals surface area contributed by atoms with Gasteiger partial charge < -0.3 is 11.1 Å². The van der Waals surface area contributed by atoms with E-state index in [2.05, 4.69) is 51.2 Å². The maximum Gasteiger partial charge on any atom is 0.00748 e. The van der Waals surface area contributed by atoms with Crippen molar-refractivity contribution in [1.29, 1.82) is 0 Å². The van der Waals surface area contributed by atoms with Crippen molar-refractivity contribution in [1.82, 2.24) is 5.32 Å². The van der Waals surface area contributed by atoms with E-state index in [1.807, 2.05) is 0 Å². The second kappa shape index (κ2) is 5.46. The third kappa shape index (κ3) is 3.32. The van der Waals surface area contributed by atoms with Gasteiger partial charge in [0.25, 0.3) is 0 Å². The van der Waals surface area contributed by atoms with Crippen LogP contribution in [-0.4, -0.2) is 19.6 Å². The van der Waals surface area contributed by atoms with Crippen molar-refractivity contribution in [2.45, 2.75) is 33.1 Å². The molecule has 0 atom stereocenters. The van der Waals surface area contributed by atoms with Crippen molar-refractivity contribution in [2.24, 2.45) is 5.73 Å². The Morgan fingerprint density at radius 3 is 2.44 bits per heavy atom. The Morgan fingerprint density at radius 2 is 1.88 bits per heavy atom. The molecule has 16 heavy (non-hydrogen) atoms. The summed E-state index contributed by atoms with van der Waals surface area (Å²) < 4.78 is 0. The van der Waals surface area contributed by atoms with Gasteiger partial charge in [0.15, 0.2) is 0 Å². The van der Waals surface area contributed by atoms with E-state index < -0.39 is 0 Å². The fourth-order valence-electron chi connectivity index (χ4n) is 1.77. The summed E-state index contributed by atoms with van der Waals surface area (Å²) >= 11 is 0. The zero-order valence-electron chi connectivity index (χ0n) is 10.9. The summed E-state index contributed by atoms with van der Waals surface area (Å²) in [5.41, 5.74) is 9.75. The highest BCUT2D eigenvalue weighted by Crippen LogP contribution is 2.24. The van der Waals surface area contributed by atoms with Crippen LogP contribution >= 0.6 is 0 Å². The van der Waals surface area contributed by atoms with Gasteiger partial charge in [-0.25, -0.2) is 0 Å². The zero-order valence-corrected chi connectivity index (χ0v) is 10.9. The molecule has 0 bridgehead atoms. The van der Waals surface area contributed by atoms with E-state index in [9.17, 15) is 0 Å². The fraction of sp³-hybridized carbons (Fsp3) is 0.571. The lowest BCUT2D eigenvalue weighted by Gasteiger charge is -2.26. The van der Waals surface area contributed by atoms with Crippen LogP contribution in [0.1, 0.15) is 30.5 Å². The van der Waals surface area contributed by atoms with Crippen LogP contribution in [0, 0.1) is 13.8 Å². The average Bonchev–Trinajstić information content (AvgIpc) is 2.22. The second-order valence-electron chi connectivity index (χ2n) is 5.15. The van der Waals surface area contributed by atoms with Gasteiger partial charge in [-0.3, -0.25) is 0 Å². The van der Waals surface area contributed by atoms with E-state index in [1.165, 1.54) is 16.7 Å². The lowest BCUT2D eigenvalue weighted by atomic mass is 9.83. The molecule has 0 amide bonds. The Labute approximate surface area is 99.2 Å². The molecule has 0 aliphatic heterocycles. The Kier molecular flexibility index (Phi) is 4.51. The van der Waals surface area contributed by atoms with Crippen LogP contribution in [-0.2, 0) is 5.41 Å². The SMILES string of the molecule is Cc1ccc(C(C)(C)CNCCN)cc1C. The highest BCUT2D eigenvalue weighted by molar-refractivity contribution is 5.34. The third-order valence-electron chi connectivity index (χ3n) is 3.18. The lowest BCUT2D eigenvalue weighted by molar-refractivity contribution is 0.473. The second-order valence-corrected chi connectivity index (χ2v) is 5.15. The quantitative estimate of drug-likeness (QED) is 0.746. The molecule has 0 saturated heterocycles. The van der Waals surface area contributed by atoms with Gasteiger partial charge in [-0.05, 0) is 30.5 Å². The smallest absolute Gasteiger partial charge is 0.00748 e. The number of nitrogens with two attached hydrogens (primary N) is 1. The van der Waals surface area contributed by atoms with Gasteiger partial charge in [0, 0.05) is 25.0 Å². The van der Waals surface area contributed by atoms with Crippen molar-refractivity contribution in [3.8, 4) is 0 Å². The summed E-state index contributed by atoms with van der Waals surface area (Å²) in [4.78, 5) is 0. The first-order valence-corrected chi connectivity index (χ1v) is 5.96. The summed E-state index contributed by atoms with van der Waals surface area (Å²) in [6, 6.07) is 6.72. The minimum absolute atomic E-state index is 0.160. The molecule has 0 aliphatic carbocycles. The molecular weight excluding hydrogens is 196 g/mol. The molecule has 2 nitrogen and oxygen atoms in total. The van der Waals surface area contributed by atoms with Crippen molar-refractivity contribution < 1.29 is 0 Å². The molecule has 0 aromatic heterocycles. The molecular formula is C14H24N2. The van der Waals surface area contributed by atoms with Gasteiger partial charge in [0.05, 0.1) is 0 Å². The van der Waals surface area contributed by atoms with Crippen LogP contribution in [0.15, 0.2) is 18.2 Å². The van der Waals surface area contributed by atoms with Crippen molar-refractivity contribution >= 4 is 0 Å². The van der Waals surface area contributed by atoms with E-state index in [4.69, 9.17) is 5.73 Å². The van der Waals surface area contributed by atoms with E-state index >= 15 is 0 Å². The van der Waals surface area contributed by atoms with Crippen LogP contribution in [0.25, 0.3) is 0 Å². The first kappa shape index (κ1) is 13.2. The summed E-state index contributed by atoms with van der Waals surface area (Å²) in [6.07, 6.45) is 0. The maximum absolute atomic E-state index is 5.48. The minimum Gasteiger partial charge on any atom is -0.329 e. The third-order valence-corrected chi connectivity index (χ3v) is 3.18. The first-order valence-electron chi connectivity index (χ1n) is 5.96. The Bertz CT molecular complexity index is 343. The molecule has 0 spiro atoms. The molecule has 0 heterocycles. The van der Waals surface area contributed by atoms with Crippen LogP contribution in [0.5, 0.6) is 0 Å². The fourth-order valence-corrected chi connectivity index (χ4v) is 1.77. The number of aryl methyl sites for hydroxylation is 2. The van der Waals surface area contributed by atoms with Crippen LogP contribution in [0.4, 0.5) is 0 Å². The van der Waals surface area contributed by atoms with E-state index in [0.29, 0.717) is 6.54 Å². The molecule has 1 rings (SSSR count). The normalized spacial score (nSPS) is 11.8. The average molecular weight is 220 g/mol. The maximum atomic E-state index is 5.48. The molecule has 0 unspecified atom stereocenters. The lowest BCUT2D eigenvalue weighted by Crippen LogP contribution is -2.35. The van der Waals surface area contributed by atoms with Crippen LogP contribution in [0.2, 0.25) is 0 Å². The molecule has 0 radical (unpaired) electrons. The van der Waals surface area contributed by atoms with Gasteiger partial charge in [0.1, 0.15) is 0 Å². The monoisotopic (exact) mass is 220 g/mol. The summed E-state index contributed by atoms with van der Waals surface area (Å²) in [6.45, 7) is 11.4. The molecule has 0 aliphatic rings. The van der Waals surface area contributed by atoms with E-state index in [1.54, 1.807) is 0 Å². The topological polar surface area (TPSA) is 38.0 Å². The predicted octanol–water partition coefficient (Wildman–Crippen LogP) is 2.13. The summed E-state index contributed by atoms with van der Waals surface area (Å²) in [5, 5.41) is 3.38. The standard InChI is InChI=1S/C14H24N2/c1-11-5-6-13(9-12(11)2)14(3,4)10-16-8-7-15/h5-6,9,16H,7-8,10,15H2,1-4H3. The van der Waals surface area contributed by atoms with Gasteiger partial charge in [0.2, 0.25) is 0 Å². The number of nitrogens with one attached hydrogen (secondary N) is 1. The number of hydrogen-bond donors (Lipinski definition) is 2. The predicted molar refractivity (Wildman–Crippen MR) is 70.9 cm³/mol. The summed E-state index contributed by atoms with van der Waals surface area (Å²) in [7, 11) is 0. The molecule has 3 N–H and O–H groups in total. The van der Waals surface area contributed by atoms with Crippen LogP contribution in [0.3, 0.4) is 0 Å². The summed E-state index contributed by atoms with van der Waals surface area (Å²) in [5.74, 6) is 0. The Balaban J connectivity index is 2.76. The van der Waals surface area contributed by atoms with Crippen molar-refractivity contribution in [3.63, 3.8) is 0 Å². The van der Waals surface area contributed by atoms with Gasteiger partial charge in [-0.1, -0.05) is 32.0 Å². The Morgan fingerprint density at radius 1 is 1.19 bits per heavy atom. The van der Waals surface area contributed by atoms with Crippen molar-refractivity contribution in [2.75, 3.05) is 19.6 Å². The van der Waals surface area contributed by atoms with Gasteiger partial charge in [-0.2, -0.15) is 0 Å². The molecule has 0 saturated carbocycles. The molecule has 1 aromatic rings. The first-order chi connectivity index (χ1) is 7.47. The molecule has 2 heteroatoms. The molecule has 90 valence electrons. The molecule has 1 aromatic carbocycles. The highest BCUT2D eigenvalue weighted by atomic mass is 14.9. The number of rotatable bonds is 5. The van der Waals surface area contributed by atoms with Crippen molar-refractivity contribution in [3.05, 3.63) is 34.9 Å². The van der Waals surface area contributed by atoms with Gasteiger partial charge in [-0.15, -0.1) is 0 Å². The van der Waals surface area contributed by atoms with Gasteiger partial charge >= 0.3 is 0 Å².